The van der Waals surface area contributed by atoms with E-state index in [-0.39, 0.29) is 0 Å². The maximum Gasteiger partial charge on any atom is 0.137 e. The molecule has 4 heteroatoms. The number of hydrogen-bond acceptors (Lipinski definition) is 3. The van der Waals surface area contributed by atoms with Crippen molar-refractivity contribution in [1.29, 1.82) is 5.26 Å². The van der Waals surface area contributed by atoms with E-state index in [1.54, 1.807) is 0 Å². The quantitative estimate of drug-likeness (QED) is 0.731. The van der Waals surface area contributed by atoms with Crippen LogP contribution in [0.5, 0.6) is 5.75 Å². The highest BCUT2D eigenvalue weighted by atomic mass is 35.5. The van der Waals surface area contributed by atoms with Crippen LogP contribution in [0.4, 0.5) is 0 Å². The van der Waals surface area contributed by atoms with Gasteiger partial charge in [0.15, 0.2) is 0 Å². The molecule has 0 aliphatic rings. The molecule has 0 heterocycles. The Hall–Kier alpha value is -1.24. The number of likely N-dealkylation sites (N-methyl/N-ethyl adjacent to an activating group) is 1. The van der Waals surface area contributed by atoms with Gasteiger partial charge in [0.2, 0.25) is 0 Å². The minimum atomic E-state index is 0.449. The highest BCUT2D eigenvalue weighted by Crippen LogP contribution is 2.25. The third-order valence-corrected chi connectivity index (χ3v) is 2.71. The maximum atomic E-state index is 8.54. The summed E-state index contributed by atoms with van der Waals surface area (Å²) in [6.07, 6.45) is 0.879. The summed E-state index contributed by atoms with van der Waals surface area (Å²) in [6.45, 7) is 3.84. The summed E-state index contributed by atoms with van der Waals surface area (Å²) in [5.41, 5.74) is 1.16. The maximum absolute atomic E-state index is 8.54. The third kappa shape index (κ3) is 4.64. The van der Waals surface area contributed by atoms with Crippen LogP contribution in [-0.4, -0.2) is 31.6 Å². The van der Waals surface area contributed by atoms with Gasteiger partial charge in [-0.05, 0) is 38.1 Å². The van der Waals surface area contributed by atoms with Gasteiger partial charge in [-0.1, -0.05) is 17.7 Å². The van der Waals surface area contributed by atoms with Gasteiger partial charge in [-0.15, -0.1) is 0 Å². The molecule has 0 fully saturated rings. The topological polar surface area (TPSA) is 36.3 Å². The minimum absolute atomic E-state index is 0.449. The van der Waals surface area contributed by atoms with Crippen molar-refractivity contribution in [3.63, 3.8) is 0 Å². The van der Waals surface area contributed by atoms with E-state index in [9.17, 15) is 0 Å². The lowest BCUT2D eigenvalue weighted by Gasteiger charge is -2.13. The molecule has 0 saturated carbocycles. The molecule has 1 rings (SSSR count). The van der Waals surface area contributed by atoms with E-state index in [1.807, 2.05) is 37.1 Å². The van der Waals surface area contributed by atoms with E-state index in [1.165, 1.54) is 0 Å². The Morgan fingerprint density at radius 2 is 2.24 bits per heavy atom. The molecule has 0 aromatic heterocycles. The smallest absolute Gasteiger partial charge is 0.137 e. The van der Waals surface area contributed by atoms with E-state index >= 15 is 0 Å². The first-order chi connectivity index (χ1) is 8.17. The SMILES string of the molecule is CCOc1ccc(CCN(C)CC#N)cc1Cl. The lowest BCUT2D eigenvalue weighted by Crippen LogP contribution is -2.21. The number of nitrogens with zero attached hydrogens (tertiary/aromatic N) is 2. The summed E-state index contributed by atoms with van der Waals surface area (Å²) in [5, 5.41) is 9.19. The molecule has 0 radical (unpaired) electrons. The van der Waals surface area contributed by atoms with Crippen LogP contribution in [-0.2, 0) is 6.42 Å². The molecule has 3 nitrogen and oxygen atoms in total. The second-order valence-electron chi connectivity index (χ2n) is 3.84. The molecule has 0 saturated heterocycles. The van der Waals surface area contributed by atoms with Crippen LogP contribution in [0.2, 0.25) is 5.02 Å². The molecule has 0 amide bonds. The highest BCUT2D eigenvalue weighted by molar-refractivity contribution is 6.32. The zero-order chi connectivity index (χ0) is 12.7. The van der Waals surface area contributed by atoms with Crippen LogP contribution in [0.1, 0.15) is 12.5 Å². The van der Waals surface area contributed by atoms with Crippen molar-refractivity contribution in [2.45, 2.75) is 13.3 Å². The molecule has 0 bridgehead atoms. The number of hydrogen-bond donors (Lipinski definition) is 0. The second-order valence-corrected chi connectivity index (χ2v) is 4.25. The average molecular weight is 253 g/mol. The lowest BCUT2D eigenvalue weighted by atomic mass is 10.1. The average Bonchev–Trinajstić information content (AvgIpc) is 2.30. The molecular formula is C13H17ClN2O. The normalized spacial score (nSPS) is 10.3. The molecular weight excluding hydrogens is 236 g/mol. The number of nitriles is 1. The van der Waals surface area contributed by atoms with Gasteiger partial charge in [0.25, 0.3) is 0 Å². The first-order valence-electron chi connectivity index (χ1n) is 5.64. The molecule has 92 valence electrons. The van der Waals surface area contributed by atoms with Crippen molar-refractivity contribution in [2.24, 2.45) is 0 Å². The Bertz CT molecular complexity index is 401. The van der Waals surface area contributed by atoms with Crippen LogP contribution >= 0.6 is 11.6 Å². The van der Waals surface area contributed by atoms with Gasteiger partial charge >= 0.3 is 0 Å². The second kappa shape index (κ2) is 7.16. The fourth-order valence-corrected chi connectivity index (χ4v) is 1.75. The monoisotopic (exact) mass is 252 g/mol. The van der Waals surface area contributed by atoms with Crippen LogP contribution in [0.25, 0.3) is 0 Å². The molecule has 1 aromatic carbocycles. The van der Waals surface area contributed by atoms with Crippen molar-refractivity contribution in [3.8, 4) is 11.8 Å². The summed E-state index contributed by atoms with van der Waals surface area (Å²) in [7, 11) is 1.93. The van der Waals surface area contributed by atoms with E-state index in [2.05, 4.69) is 6.07 Å². The Morgan fingerprint density at radius 3 is 2.82 bits per heavy atom. The van der Waals surface area contributed by atoms with E-state index < -0.39 is 0 Å². The fraction of sp³-hybridized carbons (Fsp3) is 0.462. The number of halogens is 1. The van der Waals surface area contributed by atoms with Gasteiger partial charge in [-0.2, -0.15) is 5.26 Å². The first-order valence-corrected chi connectivity index (χ1v) is 6.02. The Kier molecular flexibility index (Phi) is 5.82. The molecule has 0 aliphatic carbocycles. The van der Waals surface area contributed by atoms with Crippen molar-refractivity contribution < 1.29 is 4.74 Å². The van der Waals surface area contributed by atoms with Crippen LogP contribution < -0.4 is 4.74 Å². The lowest BCUT2D eigenvalue weighted by molar-refractivity contribution is 0.340. The Balaban J connectivity index is 2.56. The molecule has 17 heavy (non-hydrogen) atoms. The van der Waals surface area contributed by atoms with Gasteiger partial charge in [0, 0.05) is 6.54 Å². The first kappa shape index (κ1) is 13.8. The van der Waals surface area contributed by atoms with E-state index in [0.717, 1.165) is 24.3 Å². The van der Waals surface area contributed by atoms with E-state index in [4.69, 9.17) is 21.6 Å². The van der Waals surface area contributed by atoms with E-state index in [0.29, 0.717) is 18.2 Å². The molecule has 0 unspecified atom stereocenters. The van der Waals surface area contributed by atoms with Gasteiger partial charge in [-0.3, -0.25) is 4.90 Å². The van der Waals surface area contributed by atoms with Gasteiger partial charge < -0.3 is 4.74 Å². The summed E-state index contributed by atoms with van der Waals surface area (Å²) in [6, 6.07) is 7.95. The van der Waals surface area contributed by atoms with Gasteiger partial charge in [0.05, 0.1) is 24.2 Å². The highest BCUT2D eigenvalue weighted by Gasteiger charge is 2.03. The van der Waals surface area contributed by atoms with Crippen molar-refractivity contribution in [1.82, 2.24) is 4.90 Å². The van der Waals surface area contributed by atoms with Crippen molar-refractivity contribution in [2.75, 3.05) is 26.7 Å². The summed E-state index contributed by atoms with van der Waals surface area (Å²) in [4.78, 5) is 1.98. The van der Waals surface area contributed by atoms with Crippen molar-refractivity contribution >= 4 is 11.6 Å². The summed E-state index contributed by atoms with van der Waals surface area (Å²) in [5.74, 6) is 0.725. The molecule has 0 aliphatic heterocycles. The van der Waals surface area contributed by atoms with Crippen molar-refractivity contribution in [3.05, 3.63) is 28.8 Å². The van der Waals surface area contributed by atoms with Crippen LogP contribution in [0, 0.1) is 11.3 Å². The standard InChI is InChI=1S/C13H17ClN2O/c1-3-17-13-5-4-11(10-12(13)14)6-8-16(2)9-7-15/h4-5,10H,3,6,8-9H2,1-2H3. The fourth-order valence-electron chi connectivity index (χ4n) is 1.49. The third-order valence-electron chi connectivity index (χ3n) is 2.42. The molecule has 0 N–H and O–H groups in total. The predicted molar refractivity (Wildman–Crippen MR) is 69.4 cm³/mol. The van der Waals surface area contributed by atoms with Gasteiger partial charge in [0.1, 0.15) is 5.75 Å². The molecule has 1 aromatic rings. The number of benzene rings is 1. The minimum Gasteiger partial charge on any atom is -0.492 e. The number of rotatable bonds is 6. The zero-order valence-electron chi connectivity index (χ0n) is 10.2. The van der Waals surface area contributed by atoms with Crippen LogP contribution in [0.15, 0.2) is 18.2 Å². The largest absolute Gasteiger partial charge is 0.492 e. The Morgan fingerprint density at radius 1 is 1.47 bits per heavy atom. The van der Waals surface area contributed by atoms with Crippen LogP contribution in [0.3, 0.4) is 0 Å². The zero-order valence-corrected chi connectivity index (χ0v) is 11.0. The van der Waals surface area contributed by atoms with Gasteiger partial charge in [-0.25, -0.2) is 0 Å². The molecule has 0 atom stereocenters. The predicted octanol–water partition coefficient (Wildman–Crippen LogP) is 2.74. The number of ether oxygens (including phenoxy) is 1. The Labute approximate surface area is 108 Å². The summed E-state index contributed by atoms with van der Waals surface area (Å²) >= 11 is 6.09. The summed E-state index contributed by atoms with van der Waals surface area (Å²) < 4.78 is 5.37. The molecule has 0 spiro atoms.